The number of urea groups is 1. The molecule has 1 heterocycles. The van der Waals surface area contributed by atoms with Gasteiger partial charge in [0.1, 0.15) is 0 Å². The van der Waals surface area contributed by atoms with Gasteiger partial charge in [0.05, 0.1) is 12.0 Å². The first-order valence-corrected chi connectivity index (χ1v) is 7.55. The number of carbonyl (C=O) groups is 2. The summed E-state index contributed by atoms with van der Waals surface area (Å²) < 4.78 is 0. The maximum absolute atomic E-state index is 12.9. The van der Waals surface area contributed by atoms with Crippen molar-refractivity contribution in [3.63, 3.8) is 0 Å². The maximum Gasteiger partial charge on any atom is 0.319 e. The van der Waals surface area contributed by atoms with Crippen LogP contribution in [-0.2, 0) is 0 Å². The molecule has 2 N–H and O–H groups in total. The van der Waals surface area contributed by atoms with Crippen LogP contribution in [-0.4, -0.2) is 11.8 Å². The molecule has 4 nitrogen and oxygen atoms in total. The maximum atomic E-state index is 12.9. The fourth-order valence-corrected chi connectivity index (χ4v) is 3.01. The van der Waals surface area contributed by atoms with Gasteiger partial charge < -0.3 is 10.6 Å². The molecule has 0 saturated carbocycles. The number of amides is 2. The van der Waals surface area contributed by atoms with E-state index in [1.54, 1.807) is 42.5 Å². The summed E-state index contributed by atoms with van der Waals surface area (Å²) in [6.45, 7) is 3.86. The minimum atomic E-state index is -0.630. The number of carbonyl (C=O) groups excluding carboxylic acids is 2. The summed E-state index contributed by atoms with van der Waals surface area (Å²) >= 11 is 6.26. The lowest BCUT2D eigenvalue weighted by molar-refractivity contribution is 0.0905. The van der Waals surface area contributed by atoms with Crippen molar-refractivity contribution >= 4 is 23.4 Å². The van der Waals surface area contributed by atoms with E-state index in [1.165, 1.54) is 0 Å². The minimum absolute atomic E-state index is 0.118. The molecule has 0 aliphatic carbocycles. The quantitative estimate of drug-likeness (QED) is 0.845. The summed E-state index contributed by atoms with van der Waals surface area (Å²) in [4.78, 5) is 24.8. The number of hydrogen-bond donors (Lipinski definition) is 2. The van der Waals surface area contributed by atoms with Gasteiger partial charge in [0.15, 0.2) is 5.78 Å². The SMILES string of the molecule is C=C1NC(=O)N[C@@H](c2ccccc2Cl)[C@H]1C(=O)c1ccccc1. The van der Waals surface area contributed by atoms with E-state index in [2.05, 4.69) is 17.2 Å². The monoisotopic (exact) mass is 326 g/mol. The summed E-state index contributed by atoms with van der Waals surface area (Å²) in [5.41, 5.74) is 1.63. The first-order chi connectivity index (χ1) is 11.1. The summed E-state index contributed by atoms with van der Waals surface area (Å²) in [7, 11) is 0. The molecule has 1 fully saturated rings. The van der Waals surface area contributed by atoms with Crippen molar-refractivity contribution < 1.29 is 9.59 Å². The molecule has 1 saturated heterocycles. The molecular weight excluding hydrogens is 312 g/mol. The van der Waals surface area contributed by atoms with Gasteiger partial charge >= 0.3 is 6.03 Å². The van der Waals surface area contributed by atoms with E-state index in [9.17, 15) is 9.59 Å². The Kier molecular flexibility index (Phi) is 4.17. The van der Waals surface area contributed by atoms with Crippen LogP contribution in [0, 0.1) is 5.92 Å². The zero-order valence-corrected chi connectivity index (χ0v) is 13.0. The fourth-order valence-electron chi connectivity index (χ4n) is 2.76. The van der Waals surface area contributed by atoms with Crippen LogP contribution in [0.3, 0.4) is 0 Å². The molecule has 23 heavy (non-hydrogen) atoms. The fraction of sp³-hybridized carbons (Fsp3) is 0.111. The van der Waals surface area contributed by atoms with Gasteiger partial charge in [-0.3, -0.25) is 4.79 Å². The lowest BCUT2D eigenvalue weighted by atomic mass is 9.83. The first kappa shape index (κ1) is 15.3. The van der Waals surface area contributed by atoms with Crippen molar-refractivity contribution in [1.29, 1.82) is 0 Å². The third-order valence-corrected chi connectivity index (χ3v) is 4.19. The Bertz CT molecular complexity index is 774. The minimum Gasteiger partial charge on any atom is -0.330 e. The van der Waals surface area contributed by atoms with Crippen molar-refractivity contribution in [2.24, 2.45) is 5.92 Å². The van der Waals surface area contributed by atoms with E-state index in [-0.39, 0.29) is 5.78 Å². The van der Waals surface area contributed by atoms with Gasteiger partial charge in [-0.25, -0.2) is 4.79 Å². The lowest BCUT2D eigenvalue weighted by Crippen LogP contribution is -2.50. The number of benzene rings is 2. The van der Waals surface area contributed by atoms with Crippen molar-refractivity contribution in [3.8, 4) is 0 Å². The average Bonchev–Trinajstić information content (AvgIpc) is 2.55. The Hall–Kier alpha value is -2.59. The summed E-state index contributed by atoms with van der Waals surface area (Å²) in [5.74, 6) is -0.747. The first-order valence-electron chi connectivity index (χ1n) is 7.18. The van der Waals surface area contributed by atoms with Crippen molar-refractivity contribution in [2.75, 3.05) is 0 Å². The molecule has 0 spiro atoms. The highest BCUT2D eigenvalue weighted by molar-refractivity contribution is 6.31. The normalized spacial score (nSPS) is 20.6. The lowest BCUT2D eigenvalue weighted by Gasteiger charge is -2.34. The van der Waals surface area contributed by atoms with E-state index in [0.29, 0.717) is 21.8 Å². The molecule has 2 amide bonds. The molecular formula is C18H15ClN2O2. The molecule has 2 atom stereocenters. The number of rotatable bonds is 3. The van der Waals surface area contributed by atoms with E-state index in [1.807, 2.05) is 12.1 Å². The average molecular weight is 327 g/mol. The van der Waals surface area contributed by atoms with Crippen molar-refractivity contribution in [2.45, 2.75) is 6.04 Å². The molecule has 2 aromatic carbocycles. The van der Waals surface area contributed by atoms with E-state index >= 15 is 0 Å². The molecule has 0 bridgehead atoms. The van der Waals surface area contributed by atoms with Gasteiger partial charge in [0, 0.05) is 16.3 Å². The molecule has 1 aliphatic rings. The number of Topliss-reactive ketones (excluding diaryl/α,β-unsaturated/α-hetero) is 1. The predicted molar refractivity (Wildman–Crippen MR) is 89.3 cm³/mol. The van der Waals surface area contributed by atoms with Crippen LogP contribution < -0.4 is 10.6 Å². The van der Waals surface area contributed by atoms with Crippen LogP contribution in [0.1, 0.15) is 22.0 Å². The van der Waals surface area contributed by atoms with Gasteiger partial charge in [-0.1, -0.05) is 66.7 Å². The van der Waals surface area contributed by atoms with E-state index < -0.39 is 18.0 Å². The van der Waals surface area contributed by atoms with E-state index in [0.717, 1.165) is 0 Å². The van der Waals surface area contributed by atoms with Gasteiger partial charge in [-0.2, -0.15) is 0 Å². The standard InChI is InChI=1S/C18H15ClN2O2/c1-11-15(17(22)12-7-3-2-4-8-12)16(21-18(23)20-11)13-9-5-6-10-14(13)19/h2-10,15-16H,1H2,(H2,20,21,23)/t15-,16-/m0/s1. The summed E-state index contributed by atoms with van der Waals surface area (Å²) in [5, 5.41) is 5.88. The van der Waals surface area contributed by atoms with Crippen LogP contribution in [0.5, 0.6) is 0 Å². The Morgan fingerprint density at radius 2 is 1.70 bits per heavy atom. The molecule has 0 aromatic heterocycles. The van der Waals surface area contributed by atoms with Crippen LogP contribution in [0.4, 0.5) is 4.79 Å². The molecule has 0 radical (unpaired) electrons. The van der Waals surface area contributed by atoms with Crippen LogP contribution in [0.15, 0.2) is 66.9 Å². The van der Waals surface area contributed by atoms with Crippen molar-refractivity contribution in [1.82, 2.24) is 10.6 Å². The molecule has 116 valence electrons. The number of hydrogen-bond acceptors (Lipinski definition) is 2. The van der Waals surface area contributed by atoms with Crippen LogP contribution in [0.25, 0.3) is 0 Å². The molecule has 2 aromatic rings. The number of ketones is 1. The highest BCUT2D eigenvalue weighted by Crippen LogP contribution is 2.35. The Labute approximate surface area is 139 Å². The second kappa shape index (κ2) is 6.26. The summed E-state index contributed by atoms with van der Waals surface area (Å²) in [6.07, 6.45) is 0. The smallest absolute Gasteiger partial charge is 0.319 e. The largest absolute Gasteiger partial charge is 0.330 e. The van der Waals surface area contributed by atoms with Gasteiger partial charge in [0.25, 0.3) is 0 Å². The Morgan fingerprint density at radius 1 is 1.04 bits per heavy atom. The second-order valence-electron chi connectivity index (χ2n) is 5.33. The summed E-state index contributed by atoms with van der Waals surface area (Å²) in [6, 6.07) is 15.2. The molecule has 0 unspecified atom stereocenters. The van der Waals surface area contributed by atoms with Crippen LogP contribution in [0.2, 0.25) is 5.02 Å². The third-order valence-electron chi connectivity index (χ3n) is 3.85. The second-order valence-corrected chi connectivity index (χ2v) is 5.74. The molecule has 5 heteroatoms. The highest BCUT2D eigenvalue weighted by atomic mass is 35.5. The highest BCUT2D eigenvalue weighted by Gasteiger charge is 2.38. The third kappa shape index (κ3) is 2.98. The number of halogens is 1. The zero-order valence-electron chi connectivity index (χ0n) is 12.3. The van der Waals surface area contributed by atoms with Gasteiger partial charge in [-0.15, -0.1) is 0 Å². The molecule has 3 rings (SSSR count). The van der Waals surface area contributed by atoms with Gasteiger partial charge in [-0.05, 0) is 11.6 Å². The van der Waals surface area contributed by atoms with Crippen molar-refractivity contribution in [3.05, 3.63) is 83.0 Å². The van der Waals surface area contributed by atoms with E-state index in [4.69, 9.17) is 11.6 Å². The van der Waals surface area contributed by atoms with Crippen LogP contribution >= 0.6 is 11.6 Å². The Balaban J connectivity index is 2.04. The topological polar surface area (TPSA) is 58.2 Å². The zero-order chi connectivity index (χ0) is 16.4. The predicted octanol–water partition coefficient (Wildman–Crippen LogP) is 3.71. The molecule has 1 aliphatic heterocycles. The Morgan fingerprint density at radius 3 is 2.39 bits per heavy atom. The number of nitrogens with one attached hydrogen (secondary N) is 2. The van der Waals surface area contributed by atoms with Gasteiger partial charge in [0.2, 0.25) is 0 Å².